The molecule has 1 aromatic heterocycles. The van der Waals surface area contributed by atoms with Crippen LogP contribution in [0.15, 0.2) is 46.0 Å². The van der Waals surface area contributed by atoms with Crippen molar-refractivity contribution in [3.63, 3.8) is 0 Å². The van der Waals surface area contributed by atoms with E-state index in [-0.39, 0.29) is 22.2 Å². The van der Waals surface area contributed by atoms with Crippen LogP contribution in [0.1, 0.15) is 29.6 Å². The Kier molecular flexibility index (Phi) is 4.73. The van der Waals surface area contributed by atoms with Crippen LogP contribution < -0.4 is 10.0 Å². The summed E-state index contributed by atoms with van der Waals surface area (Å²) < 4.78 is 27.6. The molecule has 8 heteroatoms. The van der Waals surface area contributed by atoms with Gasteiger partial charge in [-0.15, -0.1) is 11.3 Å². The van der Waals surface area contributed by atoms with Crippen LogP contribution >= 0.6 is 11.3 Å². The number of hydrogen-bond acceptors (Lipinski definition) is 5. The van der Waals surface area contributed by atoms with Crippen LogP contribution in [0, 0.1) is 0 Å². The van der Waals surface area contributed by atoms with E-state index in [2.05, 4.69) is 10.0 Å². The van der Waals surface area contributed by atoms with Gasteiger partial charge in [0.2, 0.25) is 0 Å². The van der Waals surface area contributed by atoms with E-state index in [4.69, 9.17) is 0 Å². The van der Waals surface area contributed by atoms with E-state index in [1.165, 1.54) is 0 Å². The molecule has 0 aliphatic carbocycles. The quantitative estimate of drug-likeness (QED) is 0.839. The van der Waals surface area contributed by atoms with Crippen LogP contribution in [0.3, 0.4) is 0 Å². The Morgan fingerprint density at radius 2 is 2.00 bits per heavy atom. The second-order valence-electron chi connectivity index (χ2n) is 6.71. The summed E-state index contributed by atoms with van der Waals surface area (Å²) in [5.41, 5.74) is 0.930. The van der Waals surface area contributed by atoms with Crippen LogP contribution in [0.5, 0.6) is 0 Å². The smallest absolute Gasteiger partial charge is 0.271 e. The minimum atomic E-state index is -3.62. The maximum absolute atomic E-state index is 13.1. The van der Waals surface area contributed by atoms with Gasteiger partial charge in [-0.05, 0) is 55.5 Å². The lowest BCUT2D eigenvalue weighted by molar-refractivity contribution is 0.0680. The van der Waals surface area contributed by atoms with Gasteiger partial charge in [-0.2, -0.15) is 0 Å². The number of amides is 1. The summed E-state index contributed by atoms with van der Waals surface area (Å²) in [6.45, 7) is 1.76. The highest BCUT2D eigenvalue weighted by atomic mass is 32.2. The highest BCUT2D eigenvalue weighted by Crippen LogP contribution is 2.30. The van der Waals surface area contributed by atoms with Crippen LogP contribution in [0.4, 0.5) is 5.69 Å². The van der Waals surface area contributed by atoms with Crippen molar-refractivity contribution in [2.24, 2.45) is 0 Å². The Labute approximate surface area is 157 Å². The SMILES string of the molecule is O=C(c1cccc(NS(=O)(=O)c2cccs2)c1)N1C2CCNCC1CC2. The first kappa shape index (κ1) is 17.5. The minimum Gasteiger partial charge on any atom is -0.331 e. The number of rotatable bonds is 4. The number of carbonyl (C=O) groups is 1. The molecule has 26 heavy (non-hydrogen) atoms. The highest BCUT2D eigenvalue weighted by molar-refractivity contribution is 7.94. The fraction of sp³-hybridized carbons (Fsp3) is 0.389. The molecule has 138 valence electrons. The molecular weight excluding hydrogens is 370 g/mol. The van der Waals surface area contributed by atoms with Gasteiger partial charge >= 0.3 is 0 Å². The summed E-state index contributed by atoms with van der Waals surface area (Å²) >= 11 is 1.16. The predicted molar refractivity (Wildman–Crippen MR) is 102 cm³/mol. The van der Waals surface area contributed by atoms with Gasteiger partial charge in [0.1, 0.15) is 4.21 Å². The predicted octanol–water partition coefficient (Wildman–Crippen LogP) is 2.52. The lowest BCUT2D eigenvalue weighted by Crippen LogP contribution is -2.42. The molecule has 2 fully saturated rings. The molecule has 0 radical (unpaired) electrons. The lowest BCUT2D eigenvalue weighted by Gasteiger charge is -2.28. The van der Waals surface area contributed by atoms with Crippen molar-refractivity contribution in [3.8, 4) is 0 Å². The Balaban J connectivity index is 1.57. The molecule has 2 atom stereocenters. The number of carbonyl (C=O) groups excluding carboxylic acids is 1. The maximum Gasteiger partial charge on any atom is 0.271 e. The van der Waals surface area contributed by atoms with E-state index in [0.717, 1.165) is 43.7 Å². The number of hydrogen-bond donors (Lipinski definition) is 2. The Morgan fingerprint density at radius 1 is 1.15 bits per heavy atom. The minimum absolute atomic E-state index is 0.0154. The first-order valence-corrected chi connectivity index (χ1v) is 11.1. The summed E-state index contributed by atoms with van der Waals surface area (Å²) in [6, 6.07) is 10.5. The molecule has 2 aliphatic heterocycles. The van der Waals surface area contributed by atoms with E-state index < -0.39 is 10.0 Å². The summed E-state index contributed by atoms with van der Waals surface area (Å²) in [7, 11) is -3.62. The number of anilines is 1. The zero-order chi connectivity index (χ0) is 18.1. The summed E-state index contributed by atoms with van der Waals surface area (Å²) in [6.07, 6.45) is 3.03. The lowest BCUT2D eigenvalue weighted by atomic mass is 10.1. The standard InChI is InChI=1S/C18H21N3O3S2/c22-18(21-15-6-7-16(21)12-19-9-8-15)13-3-1-4-14(11-13)20-26(23,24)17-5-2-10-25-17/h1-5,10-11,15-16,19-20H,6-9,12H2. The molecule has 2 unspecified atom stereocenters. The summed E-state index contributed by atoms with van der Waals surface area (Å²) in [5, 5.41) is 5.11. The van der Waals surface area contributed by atoms with Gasteiger partial charge in [0, 0.05) is 29.9 Å². The van der Waals surface area contributed by atoms with Crippen molar-refractivity contribution in [1.29, 1.82) is 0 Å². The number of fused-ring (bicyclic) bond motifs is 2. The molecular formula is C18H21N3O3S2. The molecule has 2 N–H and O–H groups in total. The van der Waals surface area contributed by atoms with Gasteiger partial charge in [0.25, 0.3) is 15.9 Å². The third-order valence-corrected chi connectivity index (χ3v) is 7.79. The monoisotopic (exact) mass is 391 g/mol. The van der Waals surface area contributed by atoms with Gasteiger partial charge in [0.15, 0.2) is 0 Å². The normalized spacial score (nSPS) is 22.8. The molecule has 2 saturated heterocycles. The van der Waals surface area contributed by atoms with Crippen molar-refractivity contribution in [2.75, 3.05) is 17.8 Å². The Hall–Kier alpha value is -1.90. The van der Waals surface area contributed by atoms with Gasteiger partial charge in [-0.3, -0.25) is 9.52 Å². The first-order chi connectivity index (χ1) is 12.5. The van der Waals surface area contributed by atoms with E-state index in [1.807, 2.05) is 4.90 Å². The number of sulfonamides is 1. The molecule has 6 nitrogen and oxygen atoms in total. The molecule has 3 heterocycles. The van der Waals surface area contributed by atoms with Crippen molar-refractivity contribution >= 4 is 33.0 Å². The van der Waals surface area contributed by atoms with Crippen molar-refractivity contribution in [1.82, 2.24) is 10.2 Å². The van der Waals surface area contributed by atoms with Gasteiger partial charge in [-0.25, -0.2) is 8.42 Å². The largest absolute Gasteiger partial charge is 0.331 e. The topological polar surface area (TPSA) is 78.5 Å². The fourth-order valence-electron chi connectivity index (χ4n) is 3.80. The number of benzene rings is 1. The number of thiophene rings is 1. The zero-order valence-electron chi connectivity index (χ0n) is 14.2. The molecule has 0 spiro atoms. The third-order valence-electron chi connectivity index (χ3n) is 5.01. The van der Waals surface area contributed by atoms with Crippen LogP contribution in [-0.2, 0) is 10.0 Å². The van der Waals surface area contributed by atoms with E-state index >= 15 is 0 Å². The van der Waals surface area contributed by atoms with E-state index in [9.17, 15) is 13.2 Å². The Bertz CT molecular complexity index is 882. The van der Waals surface area contributed by atoms with Gasteiger partial charge < -0.3 is 10.2 Å². The second kappa shape index (κ2) is 7.02. The third kappa shape index (κ3) is 3.36. The van der Waals surface area contributed by atoms with Crippen molar-refractivity contribution < 1.29 is 13.2 Å². The van der Waals surface area contributed by atoms with Crippen LogP contribution in [0.25, 0.3) is 0 Å². The number of nitrogens with zero attached hydrogens (tertiary/aromatic N) is 1. The number of nitrogens with one attached hydrogen (secondary N) is 2. The van der Waals surface area contributed by atoms with Gasteiger partial charge in [0.05, 0.1) is 0 Å². The second-order valence-corrected chi connectivity index (χ2v) is 9.57. The summed E-state index contributed by atoms with van der Waals surface area (Å²) in [4.78, 5) is 15.1. The maximum atomic E-state index is 13.1. The average molecular weight is 392 g/mol. The molecule has 2 bridgehead atoms. The summed E-state index contributed by atoms with van der Waals surface area (Å²) in [5.74, 6) is -0.0154. The molecule has 4 rings (SSSR count). The van der Waals surface area contributed by atoms with E-state index in [0.29, 0.717) is 11.3 Å². The zero-order valence-corrected chi connectivity index (χ0v) is 15.9. The highest BCUT2D eigenvalue weighted by Gasteiger charge is 2.38. The fourth-order valence-corrected chi connectivity index (χ4v) is 5.84. The molecule has 0 saturated carbocycles. The molecule has 1 aromatic carbocycles. The molecule has 2 aromatic rings. The average Bonchev–Trinajstić information content (AvgIpc) is 3.22. The Morgan fingerprint density at radius 3 is 2.81 bits per heavy atom. The molecule has 1 amide bonds. The first-order valence-electron chi connectivity index (χ1n) is 8.74. The van der Waals surface area contributed by atoms with Crippen molar-refractivity contribution in [2.45, 2.75) is 35.6 Å². The van der Waals surface area contributed by atoms with Gasteiger partial charge in [-0.1, -0.05) is 12.1 Å². The molecule has 2 aliphatic rings. The van der Waals surface area contributed by atoms with Crippen LogP contribution in [0.2, 0.25) is 0 Å². The van der Waals surface area contributed by atoms with Crippen LogP contribution in [-0.4, -0.2) is 44.4 Å². The van der Waals surface area contributed by atoms with Crippen molar-refractivity contribution in [3.05, 3.63) is 47.3 Å². The van der Waals surface area contributed by atoms with E-state index in [1.54, 1.807) is 41.8 Å².